The number of carbonyl (C=O) groups is 1. The van der Waals surface area contributed by atoms with E-state index in [0.717, 1.165) is 11.6 Å². The van der Waals surface area contributed by atoms with E-state index in [1.807, 2.05) is 6.07 Å². The minimum Gasteiger partial charge on any atom is -0.454 e. The number of nitrogens with one attached hydrogen (secondary N) is 2. The quantitative estimate of drug-likeness (QED) is 0.609. The van der Waals surface area contributed by atoms with Crippen LogP contribution in [0.3, 0.4) is 0 Å². The summed E-state index contributed by atoms with van der Waals surface area (Å²) in [4.78, 5) is 12.3. The van der Waals surface area contributed by atoms with Crippen LogP contribution in [0.5, 0.6) is 11.5 Å². The molecule has 3 aromatic rings. The van der Waals surface area contributed by atoms with Crippen molar-refractivity contribution in [2.24, 2.45) is 0 Å². The SMILES string of the molecule is Cc1ccc(S(=O)(=O)Nc2cccc(C(=O)NCc3ccc4c(c3)OCO4)c2)cc1F. The molecule has 9 heteroatoms. The number of aryl methyl sites for hydroxylation is 1. The summed E-state index contributed by atoms with van der Waals surface area (Å²) in [6, 6.07) is 15.1. The van der Waals surface area contributed by atoms with E-state index in [0.29, 0.717) is 17.1 Å². The third-order valence-electron chi connectivity index (χ3n) is 4.72. The van der Waals surface area contributed by atoms with E-state index in [4.69, 9.17) is 9.47 Å². The monoisotopic (exact) mass is 442 g/mol. The largest absolute Gasteiger partial charge is 0.454 e. The highest BCUT2D eigenvalue weighted by Gasteiger charge is 2.17. The first-order valence-corrected chi connectivity index (χ1v) is 10.9. The maximum atomic E-state index is 13.8. The molecule has 1 heterocycles. The first kappa shape index (κ1) is 20.7. The van der Waals surface area contributed by atoms with Gasteiger partial charge in [-0.25, -0.2) is 12.8 Å². The number of halogens is 1. The molecule has 1 aliphatic rings. The van der Waals surface area contributed by atoms with Gasteiger partial charge in [0.25, 0.3) is 15.9 Å². The van der Waals surface area contributed by atoms with Gasteiger partial charge in [-0.1, -0.05) is 18.2 Å². The fourth-order valence-corrected chi connectivity index (χ4v) is 4.07. The van der Waals surface area contributed by atoms with Gasteiger partial charge >= 0.3 is 0 Å². The van der Waals surface area contributed by atoms with Crippen molar-refractivity contribution < 1.29 is 27.1 Å². The van der Waals surface area contributed by atoms with Crippen molar-refractivity contribution in [3.8, 4) is 11.5 Å². The number of carbonyl (C=O) groups excluding carboxylic acids is 1. The molecular weight excluding hydrogens is 423 g/mol. The number of rotatable bonds is 6. The van der Waals surface area contributed by atoms with Gasteiger partial charge in [0.2, 0.25) is 6.79 Å². The van der Waals surface area contributed by atoms with Crippen LogP contribution in [0.2, 0.25) is 0 Å². The van der Waals surface area contributed by atoms with Gasteiger partial charge in [-0.3, -0.25) is 9.52 Å². The minimum absolute atomic E-state index is 0.170. The standard InChI is InChI=1S/C22H19FN2O5S/c1-14-5-7-18(11-19(14)23)31(27,28)25-17-4-2-3-16(10-17)22(26)24-12-15-6-8-20-21(9-15)30-13-29-20/h2-11,25H,12-13H2,1H3,(H,24,26). The summed E-state index contributed by atoms with van der Waals surface area (Å²) in [7, 11) is -4.00. The summed E-state index contributed by atoms with van der Waals surface area (Å²) >= 11 is 0. The molecule has 0 aromatic heterocycles. The third kappa shape index (κ3) is 4.61. The first-order chi connectivity index (χ1) is 14.8. The number of amides is 1. The van der Waals surface area contributed by atoms with Gasteiger partial charge in [0.1, 0.15) is 5.82 Å². The fourth-order valence-electron chi connectivity index (χ4n) is 3.01. The fraction of sp³-hybridized carbons (Fsp3) is 0.136. The summed E-state index contributed by atoms with van der Waals surface area (Å²) < 4.78 is 51.8. The minimum atomic E-state index is -4.00. The summed E-state index contributed by atoms with van der Waals surface area (Å²) in [6.45, 7) is 1.97. The first-order valence-electron chi connectivity index (χ1n) is 9.37. The highest BCUT2D eigenvalue weighted by Crippen LogP contribution is 2.32. The molecule has 0 atom stereocenters. The lowest BCUT2D eigenvalue weighted by Crippen LogP contribution is -2.23. The Morgan fingerprint density at radius 3 is 2.65 bits per heavy atom. The molecule has 0 saturated heterocycles. The second kappa shape index (κ2) is 8.27. The van der Waals surface area contributed by atoms with E-state index in [1.165, 1.54) is 24.3 Å². The molecule has 0 aliphatic carbocycles. The molecule has 0 spiro atoms. The highest BCUT2D eigenvalue weighted by atomic mass is 32.2. The number of anilines is 1. The molecule has 0 radical (unpaired) electrons. The summed E-state index contributed by atoms with van der Waals surface area (Å²) in [6.07, 6.45) is 0. The summed E-state index contributed by atoms with van der Waals surface area (Å²) in [5.74, 6) is 0.291. The van der Waals surface area contributed by atoms with E-state index in [9.17, 15) is 17.6 Å². The lowest BCUT2D eigenvalue weighted by atomic mass is 10.1. The Hall–Kier alpha value is -3.59. The normalized spacial score (nSPS) is 12.5. The van der Waals surface area contributed by atoms with Gasteiger partial charge in [0.15, 0.2) is 11.5 Å². The molecule has 4 rings (SSSR count). The Balaban J connectivity index is 1.44. The van der Waals surface area contributed by atoms with Gasteiger partial charge in [0.05, 0.1) is 4.90 Å². The zero-order chi connectivity index (χ0) is 22.0. The molecular formula is C22H19FN2O5S. The lowest BCUT2D eigenvalue weighted by Gasteiger charge is -2.11. The van der Waals surface area contributed by atoms with Gasteiger partial charge in [-0.05, 0) is 60.5 Å². The Morgan fingerprint density at radius 1 is 1.03 bits per heavy atom. The lowest BCUT2D eigenvalue weighted by molar-refractivity contribution is 0.0951. The maximum absolute atomic E-state index is 13.8. The van der Waals surface area contributed by atoms with Gasteiger partial charge < -0.3 is 14.8 Å². The van der Waals surface area contributed by atoms with Crippen molar-refractivity contribution >= 4 is 21.6 Å². The van der Waals surface area contributed by atoms with Crippen molar-refractivity contribution in [3.05, 3.63) is 83.2 Å². The average Bonchev–Trinajstić information content (AvgIpc) is 3.21. The number of ether oxygens (including phenoxy) is 2. The van der Waals surface area contributed by atoms with Crippen molar-refractivity contribution in [2.75, 3.05) is 11.5 Å². The topological polar surface area (TPSA) is 93.7 Å². The summed E-state index contributed by atoms with van der Waals surface area (Å²) in [5.41, 5.74) is 1.64. The summed E-state index contributed by atoms with van der Waals surface area (Å²) in [5, 5.41) is 2.78. The van der Waals surface area contributed by atoms with Crippen LogP contribution in [0.1, 0.15) is 21.5 Å². The van der Waals surface area contributed by atoms with Crippen LogP contribution in [-0.4, -0.2) is 21.1 Å². The van der Waals surface area contributed by atoms with Crippen molar-refractivity contribution in [1.29, 1.82) is 0 Å². The smallest absolute Gasteiger partial charge is 0.261 e. The number of hydrogen-bond donors (Lipinski definition) is 2. The highest BCUT2D eigenvalue weighted by molar-refractivity contribution is 7.92. The Labute approximate surface area is 178 Å². The van der Waals surface area contributed by atoms with Crippen LogP contribution < -0.4 is 19.5 Å². The second-order valence-electron chi connectivity index (χ2n) is 6.97. The van der Waals surface area contributed by atoms with Crippen LogP contribution in [0.25, 0.3) is 0 Å². The predicted molar refractivity (Wildman–Crippen MR) is 112 cm³/mol. The number of benzene rings is 3. The van der Waals surface area contributed by atoms with E-state index < -0.39 is 15.8 Å². The molecule has 3 aromatic carbocycles. The molecule has 0 fully saturated rings. The van der Waals surface area contributed by atoms with Gasteiger partial charge in [0, 0.05) is 17.8 Å². The number of fused-ring (bicyclic) bond motifs is 1. The maximum Gasteiger partial charge on any atom is 0.261 e. The Morgan fingerprint density at radius 2 is 1.84 bits per heavy atom. The third-order valence-corrected chi connectivity index (χ3v) is 6.10. The number of hydrogen-bond acceptors (Lipinski definition) is 5. The molecule has 160 valence electrons. The molecule has 7 nitrogen and oxygen atoms in total. The second-order valence-corrected chi connectivity index (χ2v) is 8.65. The van der Waals surface area contributed by atoms with Crippen LogP contribution in [0.4, 0.5) is 10.1 Å². The molecule has 31 heavy (non-hydrogen) atoms. The van der Waals surface area contributed by atoms with E-state index in [2.05, 4.69) is 10.0 Å². The molecule has 0 unspecified atom stereocenters. The molecule has 0 bridgehead atoms. The van der Waals surface area contributed by atoms with E-state index in [1.54, 1.807) is 31.2 Å². The van der Waals surface area contributed by atoms with Crippen molar-refractivity contribution in [2.45, 2.75) is 18.4 Å². The zero-order valence-electron chi connectivity index (χ0n) is 16.5. The average molecular weight is 442 g/mol. The number of sulfonamides is 1. The molecule has 1 amide bonds. The van der Waals surface area contributed by atoms with Crippen molar-refractivity contribution in [1.82, 2.24) is 5.32 Å². The molecule has 2 N–H and O–H groups in total. The van der Waals surface area contributed by atoms with Gasteiger partial charge in [-0.15, -0.1) is 0 Å². The van der Waals surface area contributed by atoms with Crippen LogP contribution in [0, 0.1) is 12.7 Å². The molecule has 0 saturated carbocycles. The van der Waals surface area contributed by atoms with Crippen molar-refractivity contribution in [3.63, 3.8) is 0 Å². The van der Waals surface area contributed by atoms with Crippen LogP contribution >= 0.6 is 0 Å². The van der Waals surface area contributed by atoms with Gasteiger partial charge in [-0.2, -0.15) is 0 Å². The zero-order valence-corrected chi connectivity index (χ0v) is 17.3. The Bertz CT molecular complexity index is 1260. The van der Waals surface area contributed by atoms with E-state index in [-0.39, 0.29) is 35.4 Å². The van der Waals surface area contributed by atoms with E-state index >= 15 is 0 Å². The van der Waals surface area contributed by atoms with Crippen LogP contribution in [-0.2, 0) is 16.6 Å². The molecule has 1 aliphatic heterocycles. The van der Waals surface area contributed by atoms with Crippen LogP contribution in [0.15, 0.2) is 65.6 Å². The predicted octanol–water partition coefficient (Wildman–Crippen LogP) is 3.59. The Kier molecular flexibility index (Phi) is 5.51.